The fourth-order valence-corrected chi connectivity index (χ4v) is 7.66. The van der Waals surface area contributed by atoms with Crippen molar-refractivity contribution in [3.8, 4) is 0 Å². The predicted octanol–water partition coefficient (Wildman–Crippen LogP) is 4.55. The largest absolute Gasteiger partial charge is 0.394 e. The fraction of sp³-hybridized carbons (Fsp3) is 1.00. The standard InChI is InChI=1S/C20H34O2/c1-17(2)8-5-9-19(4)14(17)7-11-20-13-18(3,10-6-15(19)20)16(12-21)22-20/h14-16,21H,5-13H2,1-4H3. The summed E-state index contributed by atoms with van der Waals surface area (Å²) in [4.78, 5) is 0. The summed E-state index contributed by atoms with van der Waals surface area (Å²) in [5.74, 6) is 1.56. The monoisotopic (exact) mass is 306 g/mol. The second-order valence-electron chi connectivity index (χ2n) is 10.2. The predicted molar refractivity (Wildman–Crippen MR) is 88.6 cm³/mol. The highest BCUT2D eigenvalue weighted by molar-refractivity contribution is 5.16. The van der Waals surface area contributed by atoms with E-state index in [-0.39, 0.29) is 23.7 Å². The van der Waals surface area contributed by atoms with Gasteiger partial charge in [0.25, 0.3) is 0 Å². The molecular weight excluding hydrogens is 272 g/mol. The molecular formula is C20H34O2. The average molecular weight is 306 g/mol. The quantitative estimate of drug-likeness (QED) is 0.770. The van der Waals surface area contributed by atoms with E-state index in [2.05, 4.69) is 27.7 Å². The van der Waals surface area contributed by atoms with Crippen molar-refractivity contribution >= 4 is 0 Å². The van der Waals surface area contributed by atoms with Crippen LogP contribution in [0.25, 0.3) is 0 Å². The smallest absolute Gasteiger partial charge is 0.0867 e. The molecule has 1 aliphatic heterocycles. The van der Waals surface area contributed by atoms with E-state index >= 15 is 0 Å². The third-order valence-corrected chi connectivity index (χ3v) is 8.59. The molecule has 0 aromatic carbocycles. The number of rotatable bonds is 1. The minimum Gasteiger partial charge on any atom is -0.394 e. The molecule has 22 heavy (non-hydrogen) atoms. The molecule has 0 amide bonds. The second-order valence-corrected chi connectivity index (χ2v) is 10.2. The van der Waals surface area contributed by atoms with Crippen LogP contribution in [0, 0.1) is 28.1 Å². The van der Waals surface area contributed by atoms with Gasteiger partial charge in [-0.25, -0.2) is 0 Å². The molecule has 1 heterocycles. The lowest BCUT2D eigenvalue weighted by Crippen LogP contribution is -2.59. The minimum atomic E-state index is 0.0780. The SMILES string of the molecule is CC1(C)CCCC2(C)C1CCC13CC(C)(CCC12)C(CO)O3. The van der Waals surface area contributed by atoms with E-state index in [9.17, 15) is 5.11 Å². The first-order valence-corrected chi connectivity index (χ1v) is 9.55. The summed E-state index contributed by atoms with van der Waals surface area (Å²) in [5, 5.41) is 9.82. The highest BCUT2D eigenvalue weighted by atomic mass is 16.5. The highest BCUT2D eigenvalue weighted by Crippen LogP contribution is 2.70. The Hall–Kier alpha value is -0.0800. The van der Waals surface area contributed by atoms with Crippen molar-refractivity contribution in [2.24, 2.45) is 28.1 Å². The lowest BCUT2D eigenvalue weighted by Gasteiger charge is -2.63. The number of aliphatic hydroxyl groups excluding tert-OH is 1. The Morgan fingerprint density at radius 2 is 1.68 bits per heavy atom. The normalized spacial score (nSPS) is 56.3. The lowest BCUT2D eigenvalue weighted by atomic mass is 9.42. The van der Waals surface area contributed by atoms with Crippen LogP contribution in [0.15, 0.2) is 0 Å². The van der Waals surface area contributed by atoms with Gasteiger partial charge in [0.2, 0.25) is 0 Å². The van der Waals surface area contributed by atoms with Crippen LogP contribution in [0.2, 0.25) is 0 Å². The van der Waals surface area contributed by atoms with Gasteiger partial charge in [-0.2, -0.15) is 0 Å². The van der Waals surface area contributed by atoms with Crippen molar-refractivity contribution < 1.29 is 9.84 Å². The van der Waals surface area contributed by atoms with E-state index in [4.69, 9.17) is 4.74 Å². The Labute approximate surface area is 136 Å². The summed E-state index contributed by atoms with van der Waals surface area (Å²) in [6.45, 7) is 10.2. The van der Waals surface area contributed by atoms with E-state index in [0.29, 0.717) is 16.7 Å². The van der Waals surface area contributed by atoms with Crippen LogP contribution in [-0.2, 0) is 4.74 Å². The van der Waals surface area contributed by atoms with Crippen molar-refractivity contribution in [2.75, 3.05) is 6.61 Å². The van der Waals surface area contributed by atoms with Crippen LogP contribution in [0.4, 0.5) is 0 Å². The summed E-state index contributed by atoms with van der Waals surface area (Å²) in [5.41, 5.74) is 1.24. The summed E-state index contributed by atoms with van der Waals surface area (Å²) < 4.78 is 6.66. The van der Waals surface area contributed by atoms with Gasteiger partial charge < -0.3 is 9.84 Å². The molecule has 2 bridgehead atoms. The van der Waals surface area contributed by atoms with Crippen LogP contribution in [0.1, 0.15) is 79.1 Å². The second kappa shape index (κ2) is 4.51. The van der Waals surface area contributed by atoms with Gasteiger partial charge in [0.05, 0.1) is 18.3 Å². The molecule has 4 fully saturated rings. The van der Waals surface area contributed by atoms with Crippen LogP contribution in [-0.4, -0.2) is 23.4 Å². The van der Waals surface area contributed by atoms with Crippen LogP contribution in [0.3, 0.4) is 0 Å². The molecule has 3 saturated carbocycles. The first kappa shape index (κ1) is 15.4. The zero-order valence-electron chi connectivity index (χ0n) is 15.0. The van der Waals surface area contributed by atoms with Gasteiger partial charge in [-0.3, -0.25) is 0 Å². The Kier molecular flexibility index (Phi) is 3.16. The van der Waals surface area contributed by atoms with E-state index in [1.807, 2.05) is 0 Å². The van der Waals surface area contributed by atoms with Gasteiger partial charge >= 0.3 is 0 Å². The summed E-state index contributed by atoms with van der Waals surface area (Å²) in [6, 6.07) is 0. The zero-order valence-corrected chi connectivity index (χ0v) is 15.0. The molecule has 3 aliphatic carbocycles. The molecule has 0 aromatic heterocycles. The average Bonchev–Trinajstić information content (AvgIpc) is 2.63. The van der Waals surface area contributed by atoms with Crippen molar-refractivity contribution in [3.05, 3.63) is 0 Å². The van der Waals surface area contributed by atoms with Gasteiger partial charge in [0.1, 0.15) is 0 Å². The van der Waals surface area contributed by atoms with Gasteiger partial charge in [-0.15, -0.1) is 0 Å². The molecule has 0 radical (unpaired) electrons. The molecule has 0 aromatic rings. The zero-order chi connectivity index (χ0) is 15.8. The fourth-order valence-electron chi connectivity index (χ4n) is 7.66. The van der Waals surface area contributed by atoms with Crippen molar-refractivity contribution in [1.82, 2.24) is 0 Å². The van der Waals surface area contributed by atoms with E-state index in [0.717, 1.165) is 5.92 Å². The molecule has 126 valence electrons. The third-order valence-electron chi connectivity index (χ3n) is 8.59. The molecule has 6 unspecified atom stereocenters. The number of hydrogen-bond donors (Lipinski definition) is 1. The van der Waals surface area contributed by atoms with E-state index < -0.39 is 0 Å². The van der Waals surface area contributed by atoms with E-state index in [1.165, 1.54) is 51.4 Å². The molecule has 6 atom stereocenters. The van der Waals surface area contributed by atoms with Crippen molar-refractivity contribution in [3.63, 3.8) is 0 Å². The number of fused-ring (bicyclic) bond motifs is 3. The van der Waals surface area contributed by atoms with Crippen molar-refractivity contribution in [2.45, 2.75) is 90.8 Å². The van der Waals surface area contributed by atoms with Gasteiger partial charge in [0, 0.05) is 0 Å². The maximum Gasteiger partial charge on any atom is 0.0867 e. The summed E-state index contributed by atoms with van der Waals surface area (Å²) in [7, 11) is 0. The first-order chi connectivity index (χ1) is 10.3. The number of ether oxygens (including phenoxy) is 1. The summed E-state index contributed by atoms with van der Waals surface area (Å²) >= 11 is 0. The summed E-state index contributed by atoms with van der Waals surface area (Å²) in [6.07, 6.45) is 10.5. The molecule has 4 rings (SSSR count). The minimum absolute atomic E-state index is 0.0780. The Morgan fingerprint density at radius 1 is 0.955 bits per heavy atom. The molecule has 2 nitrogen and oxygen atoms in total. The van der Waals surface area contributed by atoms with Gasteiger partial charge in [0.15, 0.2) is 0 Å². The maximum absolute atomic E-state index is 9.82. The van der Waals surface area contributed by atoms with Crippen LogP contribution < -0.4 is 0 Å². The van der Waals surface area contributed by atoms with Gasteiger partial charge in [-0.1, -0.05) is 34.1 Å². The number of aliphatic hydroxyl groups is 1. The molecule has 1 N–H and O–H groups in total. The number of hydrogen-bond acceptors (Lipinski definition) is 2. The lowest BCUT2D eigenvalue weighted by molar-refractivity contribution is -0.195. The Bertz CT molecular complexity index is 472. The molecule has 1 saturated heterocycles. The third kappa shape index (κ3) is 1.80. The topological polar surface area (TPSA) is 29.5 Å². The molecule has 2 heteroatoms. The van der Waals surface area contributed by atoms with Crippen LogP contribution in [0.5, 0.6) is 0 Å². The first-order valence-electron chi connectivity index (χ1n) is 9.55. The van der Waals surface area contributed by atoms with Crippen molar-refractivity contribution in [1.29, 1.82) is 0 Å². The molecule has 4 aliphatic rings. The Balaban J connectivity index is 1.72. The van der Waals surface area contributed by atoms with Gasteiger partial charge in [-0.05, 0) is 73.0 Å². The van der Waals surface area contributed by atoms with E-state index in [1.54, 1.807) is 0 Å². The highest BCUT2D eigenvalue weighted by Gasteiger charge is 2.67. The van der Waals surface area contributed by atoms with Crippen LogP contribution >= 0.6 is 0 Å². The Morgan fingerprint density at radius 3 is 2.41 bits per heavy atom. The molecule has 1 spiro atoms. The maximum atomic E-state index is 9.82.